The van der Waals surface area contributed by atoms with Crippen LogP contribution >= 0.6 is 12.2 Å². The normalized spacial score (nSPS) is 15.5. The lowest BCUT2D eigenvalue weighted by Crippen LogP contribution is -2.53. The van der Waals surface area contributed by atoms with Gasteiger partial charge in [0.25, 0.3) is 0 Å². The molecule has 1 aliphatic rings. The molecule has 0 unspecified atom stereocenters. The molecule has 0 aromatic heterocycles. The average molecular weight is 202 g/mol. The first-order valence-electron chi connectivity index (χ1n) is 4.26. The van der Waals surface area contributed by atoms with Gasteiger partial charge in [-0.3, -0.25) is 5.43 Å². The topological polar surface area (TPSA) is 65.2 Å². The van der Waals surface area contributed by atoms with Gasteiger partial charge in [0.1, 0.15) is 0 Å². The molecule has 0 aromatic rings. The first-order valence-corrected chi connectivity index (χ1v) is 4.67. The molecule has 0 saturated heterocycles. The van der Waals surface area contributed by atoms with Crippen molar-refractivity contribution in [3.63, 3.8) is 0 Å². The molecule has 0 aliphatic heterocycles. The van der Waals surface area contributed by atoms with Gasteiger partial charge >= 0.3 is 6.03 Å². The van der Waals surface area contributed by atoms with Crippen molar-refractivity contribution in [1.82, 2.24) is 21.5 Å². The number of carbonyl (C=O) groups is 1. The van der Waals surface area contributed by atoms with E-state index in [2.05, 4.69) is 21.5 Å². The van der Waals surface area contributed by atoms with Crippen molar-refractivity contribution in [2.45, 2.75) is 25.3 Å². The van der Waals surface area contributed by atoms with Gasteiger partial charge in [0.15, 0.2) is 5.11 Å². The number of urea groups is 1. The van der Waals surface area contributed by atoms with Gasteiger partial charge in [0.05, 0.1) is 0 Å². The second kappa shape index (κ2) is 4.86. The molecule has 5 nitrogen and oxygen atoms in total. The molecule has 0 spiro atoms. The zero-order chi connectivity index (χ0) is 9.68. The molecule has 74 valence electrons. The first-order chi connectivity index (χ1) is 6.22. The lowest BCUT2D eigenvalue weighted by molar-refractivity contribution is 0.226. The van der Waals surface area contributed by atoms with Gasteiger partial charge in [-0.25, -0.2) is 10.2 Å². The van der Waals surface area contributed by atoms with Gasteiger partial charge in [0.2, 0.25) is 0 Å². The second-order valence-electron chi connectivity index (χ2n) is 2.93. The Morgan fingerprint density at radius 2 is 2.08 bits per heavy atom. The molecule has 1 aliphatic carbocycles. The van der Waals surface area contributed by atoms with Gasteiger partial charge in [-0.15, -0.1) is 0 Å². The third-order valence-corrected chi connectivity index (χ3v) is 2.26. The maximum atomic E-state index is 11.1. The number of carbonyl (C=O) groups excluding carboxylic acids is 1. The lowest BCUT2D eigenvalue weighted by atomic mass is 9.93. The molecule has 13 heavy (non-hydrogen) atoms. The van der Waals surface area contributed by atoms with Crippen molar-refractivity contribution in [3.8, 4) is 0 Å². The maximum absolute atomic E-state index is 11.1. The van der Waals surface area contributed by atoms with E-state index in [4.69, 9.17) is 12.2 Å². The highest BCUT2D eigenvalue weighted by Gasteiger charge is 2.18. The standard InChI is InChI=1S/C7H14N4OS/c1-8-7(13)11-10-6(12)9-5-3-2-4-5/h5H,2-4H2,1H3,(H2,8,11,13)(H2,9,10,12). The number of amides is 2. The highest BCUT2D eigenvalue weighted by Crippen LogP contribution is 2.17. The van der Waals surface area contributed by atoms with Crippen LogP contribution in [0.2, 0.25) is 0 Å². The smallest absolute Gasteiger partial charge is 0.333 e. The number of hydrazine groups is 1. The minimum atomic E-state index is -0.234. The number of rotatable bonds is 1. The maximum Gasteiger partial charge on any atom is 0.333 e. The van der Waals surface area contributed by atoms with E-state index in [1.165, 1.54) is 6.42 Å². The van der Waals surface area contributed by atoms with Crippen molar-refractivity contribution in [2.75, 3.05) is 7.05 Å². The van der Waals surface area contributed by atoms with Crippen LogP contribution in [0.15, 0.2) is 0 Å². The van der Waals surface area contributed by atoms with Crippen LogP contribution in [0, 0.1) is 0 Å². The fourth-order valence-corrected chi connectivity index (χ4v) is 1.00. The molecule has 1 rings (SSSR count). The molecule has 4 N–H and O–H groups in total. The van der Waals surface area contributed by atoms with Crippen molar-refractivity contribution in [3.05, 3.63) is 0 Å². The first kappa shape index (κ1) is 10.0. The van der Waals surface area contributed by atoms with E-state index >= 15 is 0 Å². The predicted octanol–water partition coefficient (Wildman–Crippen LogP) is -0.153. The summed E-state index contributed by atoms with van der Waals surface area (Å²) >= 11 is 4.76. The van der Waals surface area contributed by atoms with Crippen LogP contribution in [0.5, 0.6) is 0 Å². The van der Waals surface area contributed by atoms with Crippen LogP contribution < -0.4 is 21.5 Å². The molecule has 0 heterocycles. The molecule has 2 amide bonds. The number of thiocarbonyl (C=S) groups is 1. The monoisotopic (exact) mass is 202 g/mol. The number of hydrogen-bond donors (Lipinski definition) is 4. The Morgan fingerprint density at radius 1 is 1.38 bits per heavy atom. The predicted molar refractivity (Wildman–Crippen MR) is 54.1 cm³/mol. The van der Waals surface area contributed by atoms with Gasteiger partial charge in [-0.05, 0) is 31.5 Å². The second-order valence-corrected chi connectivity index (χ2v) is 3.34. The molecule has 1 fully saturated rings. The fraction of sp³-hybridized carbons (Fsp3) is 0.714. The molecule has 0 radical (unpaired) electrons. The summed E-state index contributed by atoms with van der Waals surface area (Å²) in [6.07, 6.45) is 3.35. The Hall–Kier alpha value is -1.04. The minimum absolute atomic E-state index is 0.234. The minimum Gasteiger partial charge on any atom is -0.364 e. The van der Waals surface area contributed by atoms with E-state index in [0.717, 1.165) is 12.8 Å². The number of nitrogens with one attached hydrogen (secondary N) is 4. The van der Waals surface area contributed by atoms with E-state index in [0.29, 0.717) is 11.2 Å². The molecule has 0 atom stereocenters. The highest BCUT2D eigenvalue weighted by molar-refractivity contribution is 7.80. The van der Waals surface area contributed by atoms with Crippen molar-refractivity contribution in [1.29, 1.82) is 0 Å². The quantitative estimate of drug-likeness (QED) is 0.353. The SMILES string of the molecule is CNC(=S)NNC(=O)NC1CCC1. The van der Waals surface area contributed by atoms with E-state index in [1.54, 1.807) is 7.05 Å². The Morgan fingerprint density at radius 3 is 2.54 bits per heavy atom. The summed E-state index contributed by atoms with van der Waals surface area (Å²) in [5, 5.41) is 5.87. The van der Waals surface area contributed by atoms with E-state index < -0.39 is 0 Å². The molecule has 0 bridgehead atoms. The summed E-state index contributed by atoms with van der Waals surface area (Å²) in [6.45, 7) is 0. The summed E-state index contributed by atoms with van der Waals surface area (Å²) in [5.41, 5.74) is 4.97. The van der Waals surface area contributed by atoms with Crippen LogP contribution in [0.4, 0.5) is 4.79 Å². The van der Waals surface area contributed by atoms with Crippen LogP contribution in [0.3, 0.4) is 0 Å². The third kappa shape index (κ3) is 3.45. The summed E-state index contributed by atoms with van der Waals surface area (Å²) in [7, 11) is 1.68. The lowest BCUT2D eigenvalue weighted by Gasteiger charge is -2.26. The zero-order valence-electron chi connectivity index (χ0n) is 7.52. The van der Waals surface area contributed by atoms with Gasteiger partial charge in [0, 0.05) is 13.1 Å². The largest absolute Gasteiger partial charge is 0.364 e. The van der Waals surface area contributed by atoms with Crippen molar-refractivity contribution >= 4 is 23.4 Å². The average Bonchev–Trinajstić information content (AvgIpc) is 2.07. The van der Waals surface area contributed by atoms with Crippen LogP contribution in [-0.2, 0) is 0 Å². The van der Waals surface area contributed by atoms with Gasteiger partial charge in [-0.2, -0.15) is 0 Å². The Balaban J connectivity index is 2.06. The van der Waals surface area contributed by atoms with Crippen molar-refractivity contribution in [2.24, 2.45) is 0 Å². The molecule has 1 saturated carbocycles. The molecular formula is C7H14N4OS. The Kier molecular flexibility index (Phi) is 3.75. The molecule has 0 aromatic carbocycles. The number of hydrogen-bond acceptors (Lipinski definition) is 2. The molecule has 6 heteroatoms. The summed E-state index contributed by atoms with van der Waals surface area (Å²) < 4.78 is 0. The summed E-state index contributed by atoms with van der Waals surface area (Å²) in [4.78, 5) is 11.1. The fourth-order valence-electron chi connectivity index (χ4n) is 0.950. The third-order valence-electron chi connectivity index (χ3n) is 1.96. The van der Waals surface area contributed by atoms with Gasteiger partial charge < -0.3 is 10.6 Å². The molecular weight excluding hydrogens is 188 g/mol. The van der Waals surface area contributed by atoms with E-state index in [1.807, 2.05) is 0 Å². The Labute approximate surface area is 82.6 Å². The van der Waals surface area contributed by atoms with Crippen LogP contribution in [-0.4, -0.2) is 24.2 Å². The van der Waals surface area contributed by atoms with E-state index in [-0.39, 0.29) is 6.03 Å². The highest BCUT2D eigenvalue weighted by atomic mass is 32.1. The van der Waals surface area contributed by atoms with Gasteiger partial charge in [-0.1, -0.05) is 0 Å². The Bertz CT molecular complexity index is 205. The van der Waals surface area contributed by atoms with Crippen molar-refractivity contribution < 1.29 is 4.79 Å². The summed E-state index contributed by atoms with van der Waals surface area (Å²) in [5.74, 6) is 0. The summed E-state index contributed by atoms with van der Waals surface area (Å²) in [6, 6.07) is 0.104. The zero-order valence-corrected chi connectivity index (χ0v) is 8.33. The van der Waals surface area contributed by atoms with Crippen LogP contribution in [0.25, 0.3) is 0 Å². The van der Waals surface area contributed by atoms with E-state index in [9.17, 15) is 4.79 Å². The van der Waals surface area contributed by atoms with Crippen LogP contribution in [0.1, 0.15) is 19.3 Å².